The average Bonchev–Trinajstić information content (AvgIpc) is 3.14. The maximum atomic E-state index is 13.4. The van der Waals surface area contributed by atoms with Crippen molar-refractivity contribution in [3.63, 3.8) is 0 Å². The van der Waals surface area contributed by atoms with E-state index in [1.165, 1.54) is 36.0 Å². The molecule has 7 rings (SSSR count). The smallest absolute Gasteiger partial charge is 0.285 e. The molecule has 6 nitrogen and oxygen atoms in total. The van der Waals surface area contributed by atoms with E-state index in [9.17, 15) is 9.59 Å². The minimum atomic E-state index is -0.330. The van der Waals surface area contributed by atoms with Crippen molar-refractivity contribution in [2.45, 2.75) is 38.5 Å². The van der Waals surface area contributed by atoms with Crippen LogP contribution in [0.15, 0.2) is 59.5 Å². The molecule has 1 saturated heterocycles. The molecule has 5 aliphatic rings. The van der Waals surface area contributed by atoms with Crippen molar-refractivity contribution in [3.05, 3.63) is 65.1 Å². The normalized spacial score (nSPS) is 29.1. The third-order valence-electron chi connectivity index (χ3n) is 8.07. The summed E-state index contributed by atoms with van der Waals surface area (Å²) >= 11 is 6.69. The van der Waals surface area contributed by atoms with Crippen LogP contribution in [0.25, 0.3) is 6.08 Å². The fourth-order valence-electron chi connectivity index (χ4n) is 6.82. The van der Waals surface area contributed by atoms with Crippen molar-refractivity contribution in [2.24, 2.45) is 23.2 Å². The van der Waals surface area contributed by atoms with Gasteiger partial charge in [-0.15, -0.1) is 0 Å². The molecule has 1 heterocycles. The molecule has 2 amide bonds. The summed E-state index contributed by atoms with van der Waals surface area (Å²) < 4.78 is 11.8. The lowest BCUT2D eigenvalue weighted by molar-refractivity contribution is -0.152. The zero-order valence-electron chi connectivity index (χ0n) is 20.6. The van der Waals surface area contributed by atoms with Crippen LogP contribution in [0.4, 0.5) is 0 Å². The summed E-state index contributed by atoms with van der Waals surface area (Å²) in [6.07, 6.45) is 8.44. The van der Waals surface area contributed by atoms with E-state index in [1.54, 1.807) is 6.08 Å². The van der Waals surface area contributed by atoms with Gasteiger partial charge < -0.3 is 9.47 Å². The number of hydrazine groups is 1. The zero-order chi connectivity index (χ0) is 25.4. The highest BCUT2D eigenvalue weighted by atomic mass is 32.2. The number of hydrogen-bond acceptors (Lipinski definition) is 6. The predicted octanol–water partition coefficient (Wildman–Crippen LogP) is 5.59. The SMILES string of the molecule is O=C1/C(=C\c2ccc(OCCOc3ccccc3)cc2)SC(=S)N1NC(=O)C12CC3CC(CC(C3)C1)C2. The standard InChI is InChI=1S/C29H30N2O4S2/c32-26-25(15-19-6-8-24(9-7-19)35-11-10-34-23-4-2-1-3-5-23)37-28(36)31(26)30-27(33)29-16-20-12-21(17-29)14-22(13-20)18-29/h1-9,15,20-22H,10-14,16-18H2,(H,30,33)/b25-15+. The highest BCUT2D eigenvalue weighted by molar-refractivity contribution is 8.26. The van der Waals surface area contributed by atoms with Crippen molar-refractivity contribution >= 4 is 46.2 Å². The van der Waals surface area contributed by atoms with Crippen LogP contribution in [0, 0.1) is 23.2 Å². The van der Waals surface area contributed by atoms with Crippen LogP contribution < -0.4 is 14.9 Å². The van der Waals surface area contributed by atoms with Gasteiger partial charge >= 0.3 is 0 Å². The highest BCUT2D eigenvalue weighted by Crippen LogP contribution is 2.60. The molecule has 4 bridgehead atoms. The summed E-state index contributed by atoms with van der Waals surface area (Å²) in [5, 5.41) is 1.27. The molecule has 0 radical (unpaired) electrons. The molecule has 37 heavy (non-hydrogen) atoms. The molecular weight excluding hydrogens is 504 g/mol. The first kappa shape index (κ1) is 24.5. The fraction of sp³-hybridized carbons (Fsp3) is 0.414. The lowest BCUT2D eigenvalue weighted by atomic mass is 9.49. The van der Waals surface area contributed by atoms with E-state index in [0.29, 0.717) is 40.2 Å². The number of rotatable bonds is 8. The van der Waals surface area contributed by atoms with Gasteiger partial charge in [-0.1, -0.05) is 42.1 Å². The zero-order valence-corrected chi connectivity index (χ0v) is 22.2. The molecule has 0 unspecified atom stereocenters. The minimum Gasteiger partial charge on any atom is -0.490 e. The largest absolute Gasteiger partial charge is 0.490 e. The van der Waals surface area contributed by atoms with Crippen LogP contribution in [0.5, 0.6) is 11.5 Å². The van der Waals surface area contributed by atoms with Crippen LogP contribution in [0.3, 0.4) is 0 Å². The summed E-state index contributed by atoms with van der Waals surface area (Å²) in [4.78, 5) is 27.1. The number of amides is 2. The average molecular weight is 535 g/mol. The second-order valence-corrected chi connectivity index (χ2v) is 12.4. The molecule has 5 fully saturated rings. The molecule has 0 atom stereocenters. The maximum absolute atomic E-state index is 13.4. The Balaban J connectivity index is 1.04. The molecule has 2 aromatic rings. The Bertz CT molecular complexity index is 1190. The molecule has 1 N–H and O–H groups in total. The third-order valence-corrected chi connectivity index (χ3v) is 9.37. The molecule has 1 aliphatic heterocycles. The first-order valence-corrected chi connectivity index (χ1v) is 14.2. The first-order valence-electron chi connectivity index (χ1n) is 13.0. The Morgan fingerprint density at radius 1 is 0.946 bits per heavy atom. The van der Waals surface area contributed by atoms with Gasteiger partial charge in [0.05, 0.1) is 10.3 Å². The van der Waals surface area contributed by atoms with Gasteiger partial charge in [0.1, 0.15) is 24.7 Å². The topological polar surface area (TPSA) is 67.9 Å². The van der Waals surface area contributed by atoms with Gasteiger partial charge in [0, 0.05) is 0 Å². The number of hydrogen-bond donors (Lipinski definition) is 1. The number of nitrogens with zero attached hydrogens (tertiary/aromatic N) is 1. The number of ether oxygens (including phenoxy) is 2. The molecule has 0 spiro atoms. The Hall–Kier alpha value is -2.84. The third kappa shape index (κ3) is 5.14. The van der Waals surface area contributed by atoms with Crippen molar-refractivity contribution in [1.82, 2.24) is 10.4 Å². The van der Waals surface area contributed by atoms with Crippen LogP contribution in [-0.4, -0.2) is 34.4 Å². The number of nitrogens with one attached hydrogen (secondary N) is 1. The molecule has 192 valence electrons. The van der Waals surface area contributed by atoms with Gasteiger partial charge in [-0.2, -0.15) is 5.01 Å². The predicted molar refractivity (Wildman–Crippen MR) is 148 cm³/mol. The molecule has 0 aromatic heterocycles. The number of thiocarbonyl (C=S) groups is 1. The number of para-hydroxylation sites is 1. The molecular formula is C29H30N2O4S2. The number of thioether (sulfide) groups is 1. The monoisotopic (exact) mass is 534 g/mol. The van der Waals surface area contributed by atoms with E-state index < -0.39 is 0 Å². The Labute approximate surface area is 226 Å². The van der Waals surface area contributed by atoms with Crippen molar-refractivity contribution in [3.8, 4) is 11.5 Å². The van der Waals surface area contributed by atoms with Gasteiger partial charge in [0.2, 0.25) is 5.91 Å². The minimum absolute atomic E-state index is 0.0260. The fourth-order valence-corrected chi connectivity index (χ4v) is 8.00. The highest BCUT2D eigenvalue weighted by Gasteiger charge is 2.55. The number of benzene rings is 2. The Kier molecular flexibility index (Phi) is 6.71. The van der Waals surface area contributed by atoms with E-state index in [1.807, 2.05) is 54.6 Å². The second kappa shape index (κ2) is 10.1. The van der Waals surface area contributed by atoms with E-state index in [2.05, 4.69) is 5.43 Å². The van der Waals surface area contributed by atoms with E-state index in [4.69, 9.17) is 21.7 Å². The summed E-state index contributed by atoms with van der Waals surface area (Å²) in [6.45, 7) is 0.875. The van der Waals surface area contributed by atoms with Gasteiger partial charge in [0.15, 0.2) is 4.32 Å². The Morgan fingerprint density at radius 2 is 1.51 bits per heavy atom. The van der Waals surface area contributed by atoms with Gasteiger partial charge in [-0.25, -0.2) is 0 Å². The maximum Gasteiger partial charge on any atom is 0.285 e. The number of carbonyl (C=O) groups is 2. The number of carbonyl (C=O) groups excluding carboxylic acids is 2. The lowest BCUT2D eigenvalue weighted by Gasteiger charge is -2.55. The second-order valence-electron chi connectivity index (χ2n) is 10.7. The summed E-state index contributed by atoms with van der Waals surface area (Å²) in [6, 6.07) is 17.1. The van der Waals surface area contributed by atoms with E-state index in [-0.39, 0.29) is 17.2 Å². The van der Waals surface area contributed by atoms with E-state index >= 15 is 0 Å². The van der Waals surface area contributed by atoms with Crippen LogP contribution >= 0.6 is 24.0 Å². The summed E-state index contributed by atoms with van der Waals surface area (Å²) in [5.41, 5.74) is 3.44. The molecule has 4 aliphatic carbocycles. The van der Waals surface area contributed by atoms with Crippen LogP contribution in [0.1, 0.15) is 44.1 Å². The molecule has 2 aromatic carbocycles. The van der Waals surface area contributed by atoms with Crippen molar-refractivity contribution < 1.29 is 19.1 Å². The van der Waals surface area contributed by atoms with Crippen LogP contribution in [0.2, 0.25) is 0 Å². The first-order chi connectivity index (χ1) is 18.0. The van der Waals surface area contributed by atoms with E-state index in [0.717, 1.165) is 36.3 Å². The summed E-state index contributed by atoms with van der Waals surface area (Å²) in [5.74, 6) is 3.22. The quantitative estimate of drug-likeness (QED) is 0.270. The van der Waals surface area contributed by atoms with Crippen LogP contribution in [-0.2, 0) is 9.59 Å². The van der Waals surface area contributed by atoms with Gasteiger partial charge in [0.25, 0.3) is 5.91 Å². The van der Waals surface area contributed by atoms with Gasteiger partial charge in [-0.05, 0) is 104 Å². The molecule has 4 saturated carbocycles. The summed E-state index contributed by atoms with van der Waals surface area (Å²) in [7, 11) is 0. The molecule has 8 heteroatoms. The Morgan fingerprint density at radius 3 is 2.11 bits per heavy atom. The van der Waals surface area contributed by atoms with Gasteiger partial charge in [-0.3, -0.25) is 15.0 Å². The lowest BCUT2D eigenvalue weighted by Crippen LogP contribution is -2.57. The van der Waals surface area contributed by atoms with Crippen molar-refractivity contribution in [1.29, 1.82) is 0 Å². The van der Waals surface area contributed by atoms with Crippen molar-refractivity contribution in [2.75, 3.05) is 13.2 Å².